The Hall–Kier alpha value is -1.07. The van der Waals surface area contributed by atoms with Gasteiger partial charge in [-0.3, -0.25) is 4.79 Å². The van der Waals surface area contributed by atoms with Crippen molar-refractivity contribution in [1.29, 1.82) is 0 Å². The van der Waals surface area contributed by atoms with Crippen molar-refractivity contribution < 1.29 is 4.79 Å². The van der Waals surface area contributed by atoms with E-state index in [9.17, 15) is 4.79 Å². The van der Waals surface area contributed by atoms with E-state index in [2.05, 4.69) is 10.5 Å². The Morgan fingerprint density at radius 3 is 2.63 bits per heavy atom. The van der Waals surface area contributed by atoms with Gasteiger partial charge in [-0.05, 0) is 30.3 Å². The van der Waals surface area contributed by atoms with Crippen LogP contribution in [0.25, 0.3) is 0 Å². The van der Waals surface area contributed by atoms with Crippen molar-refractivity contribution in [3.8, 4) is 0 Å². The summed E-state index contributed by atoms with van der Waals surface area (Å²) < 4.78 is 0.661. The molecular formula is C12H7Cl3N2OS. The highest BCUT2D eigenvalue weighted by molar-refractivity contribution is 7.17. The highest BCUT2D eigenvalue weighted by atomic mass is 35.5. The van der Waals surface area contributed by atoms with Crippen LogP contribution in [0.3, 0.4) is 0 Å². The van der Waals surface area contributed by atoms with Gasteiger partial charge in [0.05, 0.1) is 21.1 Å². The lowest BCUT2D eigenvalue weighted by Gasteiger charge is -2.02. The van der Waals surface area contributed by atoms with Crippen LogP contribution in [0, 0.1) is 0 Å². The molecule has 0 saturated carbocycles. The van der Waals surface area contributed by atoms with Gasteiger partial charge < -0.3 is 0 Å². The Bertz CT molecular complexity index is 640. The van der Waals surface area contributed by atoms with E-state index in [0.717, 1.165) is 4.88 Å². The number of benzene rings is 1. The van der Waals surface area contributed by atoms with Crippen LogP contribution in [0.2, 0.25) is 14.4 Å². The molecule has 0 atom stereocenters. The SMILES string of the molecule is O=C(N/N=C/c1ccc(Cl)s1)c1ccc(Cl)cc1Cl. The van der Waals surface area contributed by atoms with Gasteiger partial charge in [-0.15, -0.1) is 11.3 Å². The zero-order chi connectivity index (χ0) is 13.8. The first kappa shape index (κ1) is 14.3. The van der Waals surface area contributed by atoms with Crippen LogP contribution in [0.4, 0.5) is 0 Å². The third-order valence-corrected chi connectivity index (χ3v) is 3.84. The molecule has 0 spiro atoms. The van der Waals surface area contributed by atoms with Crippen LogP contribution in [0.5, 0.6) is 0 Å². The zero-order valence-electron chi connectivity index (χ0n) is 9.36. The number of hydrazone groups is 1. The first-order chi connectivity index (χ1) is 9.06. The molecule has 2 rings (SSSR count). The van der Waals surface area contributed by atoms with Crippen molar-refractivity contribution in [1.82, 2.24) is 5.43 Å². The molecule has 1 aromatic carbocycles. The van der Waals surface area contributed by atoms with E-state index in [-0.39, 0.29) is 5.02 Å². The van der Waals surface area contributed by atoms with Crippen LogP contribution in [0.15, 0.2) is 35.4 Å². The molecule has 0 bridgehead atoms. The van der Waals surface area contributed by atoms with E-state index >= 15 is 0 Å². The van der Waals surface area contributed by atoms with E-state index in [1.54, 1.807) is 18.2 Å². The Morgan fingerprint density at radius 2 is 2.00 bits per heavy atom. The normalized spacial score (nSPS) is 10.9. The van der Waals surface area contributed by atoms with Crippen molar-refractivity contribution in [2.45, 2.75) is 0 Å². The molecule has 0 unspecified atom stereocenters. The van der Waals surface area contributed by atoms with Gasteiger partial charge in [0.15, 0.2) is 0 Å². The first-order valence-corrected chi connectivity index (χ1v) is 7.05. The van der Waals surface area contributed by atoms with Gasteiger partial charge in [0.1, 0.15) is 0 Å². The summed E-state index contributed by atoms with van der Waals surface area (Å²) >= 11 is 18.8. The molecule has 0 fully saturated rings. The topological polar surface area (TPSA) is 41.5 Å². The largest absolute Gasteiger partial charge is 0.272 e. The summed E-state index contributed by atoms with van der Waals surface area (Å²) in [6.45, 7) is 0. The Kier molecular flexibility index (Phi) is 4.82. The lowest BCUT2D eigenvalue weighted by atomic mass is 10.2. The van der Waals surface area contributed by atoms with Gasteiger partial charge in [0.2, 0.25) is 0 Å². The molecule has 19 heavy (non-hydrogen) atoms. The van der Waals surface area contributed by atoms with Crippen LogP contribution < -0.4 is 5.43 Å². The molecule has 0 aliphatic carbocycles. The van der Waals surface area contributed by atoms with Gasteiger partial charge in [0.25, 0.3) is 5.91 Å². The smallest absolute Gasteiger partial charge is 0.267 e. The Balaban J connectivity index is 2.03. The van der Waals surface area contributed by atoms with Gasteiger partial charge in [-0.25, -0.2) is 5.43 Å². The third kappa shape index (κ3) is 3.94. The number of hydrogen-bond acceptors (Lipinski definition) is 3. The molecule has 7 heteroatoms. The fraction of sp³-hybridized carbons (Fsp3) is 0. The minimum atomic E-state index is -0.402. The quantitative estimate of drug-likeness (QED) is 0.653. The van der Waals surface area contributed by atoms with E-state index in [0.29, 0.717) is 14.9 Å². The third-order valence-electron chi connectivity index (χ3n) is 2.13. The van der Waals surface area contributed by atoms with Crippen LogP contribution in [0.1, 0.15) is 15.2 Å². The second-order valence-corrected chi connectivity index (χ2v) is 6.06. The fourth-order valence-electron chi connectivity index (χ4n) is 1.29. The lowest BCUT2D eigenvalue weighted by molar-refractivity contribution is 0.0955. The number of nitrogens with zero attached hydrogens (tertiary/aromatic N) is 1. The number of nitrogens with one attached hydrogen (secondary N) is 1. The predicted octanol–water partition coefficient (Wildman–Crippen LogP) is 4.47. The van der Waals surface area contributed by atoms with Gasteiger partial charge >= 0.3 is 0 Å². The summed E-state index contributed by atoms with van der Waals surface area (Å²) in [6.07, 6.45) is 1.51. The zero-order valence-corrected chi connectivity index (χ0v) is 12.4. The molecule has 2 aromatic rings. The average Bonchev–Trinajstić information content (AvgIpc) is 2.75. The van der Waals surface area contributed by atoms with Crippen LogP contribution >= 0.6 is 46.1 Å². The highest BCUT2D eigenvalue weighted by Crippen LogP contribution is 2.21. The molecule has 1 aromatic heterocycles. The molecule has 0 saturated heterocycles. The van der Waals surface area contributed by atoms with E-state index in [1.165, 1.54) is 29.7 Å². The lowest BCUT2D eigenvalue weighted by Crippen LogP contribution is -2.17. The Morgan fingerprint density at radius 1 is 1.21 bits per heavy atom. The maximum absolute atomic E-state index is 11.8. The molecule has 1 N–H and O–H groups in total. The monoisotopic (exact) mass is 332 g/mol. The molecule has 3 nitrogen and oxygen atoms in total. The number of halogens is 3. The summed E-state index contributed by atoms with van der Waals surface area (Å²) in [7, 11) is 0. The molecule has 0 aliphatic heterocycles. The van der Waals surface area contributed by atoms with E-state index < -0.39 is 5.91 Å². The molecule has 1 heterocycles. The van der Waals surface area contributed by atoms with Crippen molar-refractivity contribution in [3.05, 3.63) is 55.2 Å². The minimum Gasteiger partial charge on any atom is -0.267 e. The van der Waals surface area contributed by atoms with Crippen molar-refractivity contribution in [3.63, 3.8) is 0 Å². The van der Waals surface area contributed by atoms with Crippen molar-refractivity contribution >= 4 is 58.3 Å². The Labute approximate surface area is 128 Å². The second kappa shape index (κ2) is 6.39. The second-order valence-electron chi connectivity index (χ2n) is 3.47. The molecule has 98 valence electrons. The molecule has 1 amide bonds. The summed E-state index contributed by atoms with van der Waals surface area (Å²) in [5, 5.41) is 4.58. The number of hydrogen-bond donors (Lipinski definition) is 1. The average molecular weight is 334 g/mol. The number of thiophene rings is 1. The first-order valence-electron chi connectivity index (χ1n) is 5.10. The number of amides is 1. The standard InChI is InChI=1S/C12H7Cl3N2OS/c13-7-1-3-9(10(14)5-7)12(18)17-16-6-8-2-4-11(15)19-8/h1-6H,(H,17,18)/b16-6+. The fourth-order valence-corrected chi connectivity index (χ4v) is 2.71. The van der Waals surface area contributed by atoms with Gasteiger partial charge in [-0.1, -0.05) is 34.8 Å². The van der Waals surface area contributed by atoms with Crippen LogP contribution in [-0.4, -0.2) is 12.1 Å². The maximum Gasteiger partial charge on any atom is 0.272 e. The summed E-state index contributed by atoms with van der Waals surface area (Å²) in [4.78, 5) is 12.6. The maximum atomic E-state index is 11.8. The van der Waals surface area contributed by atoms with Gasteiger partial charge in [-0.2, -0.15) is 5.10 Å². The number of carbonyl (C=O) groups excluding carboxylic acids is 1. The van der Waals surface area contributed by atoms with Gasteiger partial charge in [0, 0.05) is 9.90 Å². The number of rotatable bonds is 3. The predicted molar refractivity (Wildman–Crippen MR) is 80.9 cm³/mol. The number of carbonyl (C=O) groups is 1. The minimum absolute atomic E-state index is 0.277. The summed E-state index contributed by atoms with van der Waals surface area (Å²) in [5.74, 6) is -0.402. The van der Waals surface area contributed by atoms with E-state index in [1.807, 2.05) is 0 Å². The molecule has 0 aliphatic rings. The molecule has 0 radical (unpaired) electrons. The van der Waals surface area contributed by atoms with Crippen molar-refractivity contribution in [2.75, 3.05) is 0 Å². The highest BCUT2D eigenvalue weighted by Gasteiger charge is 2.09. The molecular weight excluding hydrogens is 327 g/mol. The van der Waals surface area contributed by atoms with Crippen molar-refractivity contribution in [2.24, 2.45) is 5.10 Å². The summed E-state index contributed by atoms with van der Waals surface area (Å²) in [6, 6.07) is 8.19. The van der Waals surface area contributed by atoms with Crippen LogP contribution in [-0.2, 0) is 0 Å². The summed E-state index contributed by atoms with van der Waals surface area (Å²) in [5.41, 5.74) is 2.70. The van der Waals surface area contributed by atoms with E-state index in [4.69, 9.17) is 34.8 Å².